The first-order valence-electron chi connectivity index (χ1n) is 6.42. The van der Waals surface area contributed by atoms with Gasteiger partial charge in [0.25, 0.3) is 0 Å². The lowest BCUT2D eigenvalue weighted by molar-refractivity contribution is 0.316. The van der Waals surface area contributed by atoms with E-state index in [4.69, 9.17) is 4.74 Å². The summed E-state index contributed by atoms with van der Waals surface area (Å²) in [5.74, 6) is 0.901. The maximum absolute atomic E-state index is 5.85. The van der Waals surface area contributed by atoms with E-state index < -0.39 is 0 Å². The zero-order chi connectivity index (χ0) is 13.5. The monoisotopic (exact) mass is 257 g/mol. The third-order valence-corrected chi connectivity index (χ3v) is 2.79. The van der Waals surface area contributed by atoms with Crippen LogP contribution in [0.1, 0.15) is 17.0 Å². The van der Waals surface area contributed by atoms with Gasteiger partial charge in [-0.3, -0.25) is 9.97 Å². The van der Waals surface area contributed by atoms with Crippen LogP contribution in [0.4, 0.5) is 0 Å². The van der Waals surface area contributed by atoms with Crippen molar-refractivity contribution >= 4 is 0 Å². The van der Waals surface area contributed by atoms with E-state index in [2.05, 4.69) is 15.3 Å². The van der Waals surface area contributed by atoms with E-state index in [1.807, 2.05) is 44.4 Å². The minimum atomic E-state index is 0.622. The fraction of sp³-hybridized carbons (Fsp3) is 0.333. The van der Waals surface area contributed by atoms with Gasteiger partial charge in [0.2, 0.25) is 0 Å². The molecule has 0 radical (unpaired) electrons. The second kappa shape index (κ2) is 6.85. The molecule has 0 amide bonds. The molecule has 1 N–H and O–H groups in total. The van der Waals surface area contributed by atoms with Crippen molar-refractivity contribution in [2.75, 3.05) is 13.7 Å². The summed E-state index contributed by atoms with van der Waals surface area (Å²) in [6.07, 6.45) is 4.47. The van der Waals surface area contributed by atoms with Crippen LogP contribution in [0.5, 0.6) is 5.75 Å². The molecular formula is C15H19N3O. The smallest absolute Gasteiger partial charge is 0.127 e. The van der Waals surface area contributed by atoms with Crippen LogP contribution >= 0.6 is 0 Å². The normalized spacial score (nSPS) is 10.4. The van der Waals surface area contributed by atoms with Gasteiger partial charge in [-0.25, -0.2) is 0 Å². The summed E-state index contributed by atoms with van der Waals surface area (Å²) < 4.78 is 5.85. The molecule has 2 heterocycles. The van der Waals surface area contributed by atoms with Gasteiger partial charge in [-0.1, -0.05) is 6.07 Å². The van der Waals surface area contributed by atoms with Crippen LogP contribution in [0.15, 0.2) is 36.7 Å². The predicted octanol–water partition coefficient (Wildman–Crippen LogP) is 2.13. The standard InChI is InChI=1S/C15H19N3O/c1-12-9-15(13(10-16-2)11-18-12)19-8-6-14-5-3-4-7-17-14/h3-5,7,9,11,16H,6,8,10H2,1-2H3. The number of rotatable bonds is 6. The molecule has 0 atom stereocenters. The lowest BCUT2D eigenvalue weighted by Crippen LogP contribution is -2.10. The van der Waals surface area contributed by atoms with Crippen LogP contribution in [-0.2, 0) is 13.0 Å². The number of aromatic nitrogens is 2. The molecule has 0 aliphatic rings. The quantitative estimate of drug-likeness (QED) is 0.861. The molecule has 0 bridgehead atoms. The van der Waals surface area contributed by atoms with Crippen molar-refractivity contribution in [3.05, 3.63) is 53.6 Å². The third-order valence-electron chi connectivity index (χ3n) is 2.79. The van der Waals surface area contributed by atoms with E-state index in [-0.39, 0.29) is 0 Å². The minimum absolute atomic E-state index is 0.622. The molecule has 2 aromatic heterocycles. The van der Waals surface area contributed by atoms with Crippen LogP contribution < -0.4 is 10.1 Å². The molecule has 0 saturated carbocycles. The summed E-state index contributed by atoms with van der Waals surface area (Å²) in [7, 11) is 1.91. The van der Waals surface area contributed by atoms with Crippen molar-refractivity contribution in [3.63, 3.8) is 0 Å². The van der Waals surface area contributed by atoms with Crippen LogP contribution in [0.3, 0.4) is 0 Å². The minimum Gasteiger partial charge on any atom is -0.493 e. The highest BCUT2D eigenvalue weighted by atomic mass is 16.5. The molecule has 19 heavy (non-hydrogen) atoms. The molecule has 2 aromatic rings. The maximum Gasteiger partial charge on any atom is 0.127 e. The van der Waals surface area contributed by atoms with Gasteiger partial charge in [0.1, 0.15) is 5.75 Å². The molecule has 0 saturated heterocycles. The van der Waals surface area contributed by atoms with Crippen molar-refractivity contribution in [2.45, 2.75) is 19.9 Å². The first-order valence-corrected chi connectivity index (χ1v) is 6.42. The van der Waals surface area contributed by atoms with Gasteiger partial charge >= 0.3 is 0 Å². The summed E-state index contributed by atoms with van der Waals surface area (Å²) in [5.41, 5.74) is 3.09. The lowest BCUT2D eigenvalue weighted by atomic mass is 10.2. The maximum atomic E-state index is 5.85. The second-order valence-corrected chi connectivity index (χ2v) is 4.38. The molecule has 0 unspecified atom stereocenters. The molecule has 0 aliphatic heterocycles. The average molecular weight is 257 g/mol. The third kappa shape index (κ3) is 4.03. The Labute approximate surface area is 113 Å². The number of aryl methyl sites for hydroxylation is 1. The Morgan fingerprint density at radius 1 is 1.26 bits per heavy atom. The van der Waals surface area contributed by atoms with Gasteiger partial charge in [0, 0.05) is 48.4 Å². The SMILES string of the molecule is CNCc1cnc(C)cc1OCCc1ccccn1. The Kier molecular flexibility index (Phi) is 4.86. The van der Waals surface area contributed by atoms with E-state index in [0.717, 1.165) is 35.7 Å². The number of pyridine rings is 2. The van der Waals surface area contributed by atoms with Crippen molar-refractivity contribution in [1.82, 2.24) is 15.3 Å². The van der Waals surface area contributed by atoms with E-state index >= 15 is 0 Å². The van der Waals surface area contributed by atoms with Gasteiger partial charge in [-0.15, -0.1) is 0 Å². The van der Waals surface area contributed by atoms with Crippen LogP contribution in [0.25, 0.3) is 0 Å². The molecule has 0 aromatic carbocycles. The van der Waals surface area contributed by atoms with Crippen molar-refractivity contribution < 1.29 is 4.74 Å². The first kappa shape index (κ1) is 13.5. The fourth-order valence-electron chi connectivity index (χ4n) is 1.83. The van der Waals surface area contributed by atoms with Gasteiger partial charge < -0.3 is 10.1 Å². The highest BCUT2D eigenvalue weighted by Crippen LogP contribution is 2.18. The number of hydrogen-bond donors (Lipinski definition) is 1. The molecule has 4 nitrogen and oxygen atoms in total. The van der Waals surface area contributed by atoms with E-state index in [1.54, 1.807) is 6.20 Å². The van der Waals surface area contributed by atoms with E-state index in [0.29, 0.717) is 6.61 Å². The summed E-state index contributed by atoms with van der Waals surface area (Å²) >= 11 is 0. The Balaban J connectivity index is 1.96. The summed E-state index contributed by atoms with van der Waals surface area (Å²) in [6.45, 7) is 3.35. The molecule has 0 spiro atoms. The van der Waals surface area contributed by atoms with Crippen molar-refractivity contribution in [3.8, 4) is 5.75 Å². The lowest BCUT2D eigenvalue weighted by Gasteiger charge is -2.11. The summed E-state index contributed by atoms with van der Waals surface area (Å²) in [5, 5.41) is 3.12. The van der Waals surface area contributed by atoms with Crippen LogP contribution in [0, 0.1) is 6.92 Å². The molecule has 100 valence electrons. The van der Waals surface area contributed by atoms with E-state index in [1.165, 1.54) is 0 Å². The molecule has 4 heteroatoms. The van der Waals surface area contributed by atoms with Crippen LogP contribution in [0.2, 0.25) is 0 Å². The molecular weight excluding hydrogens is 238 g/mol. The topological polar surface area (TPSA) is 47.0 Å². The Hall–Kier alpha value is -1.94. The summed E-state index contributed by atoms with van der Waals surface area (Å²) in [4.78, 5) is 8.57. The van der Waals surface area contributed by atoms with Gasteiger partial charge in [-0.05, 0) is 26.1 Å². The van der Waals surface area contributed by atoms with Gasteiger partial charge in [-0.2, -0.15) is 0 Å². The zero-order valence-electron chi connectivity index (χ0n) is 11.4. The number of nitrogens with zero attached hydrogens (tertiary/aromatic N) is 2. The van der Waals surface area contributed by atoms with Crippen molar-refractivity contribution in [2.24, 2.45) is 0 Å². The van der Waals surface area contributed by atoms with E-state index in [9.17, 15) is 0 Å². The molecule has 2 rings (SSSR count). The number of hydrogen-bond acceptors (Lipinski definition) is 4. The molecule has 0 fully saturated rings. The van der Waals surface area contributed by atoms with Gasteiger partial charge in [0.15, 0.2) is 0 Å². The van der Waals surface area contributed by atoms with Gasteiger partial charge in [0.05, 0.1) is 6.61 Å². The summed E-state index contributed by atoms with van der Waals surface area (Å²) in [6, 6.07) is 7.90. The highest BCUT2D eigenvalue weighted by molar-refractivity contribution is 5.32. The Bertz CT molecular complexity index is 514. The predicted molar refractivity (Wildman–Crippen MR) is 75.2 cm³/mol. The van der Waals surface area contributed by atoms with Crippen molar-refractivity contribution in [1.29, 1.82) is 0 Å². The highest BCUT2D eigenvalue weighted by Gasteiger charge is 2.04. The average Bonchev–Trinajstić information content (AvgIpc) is 2.43. The number of nitrogens with one attached hydrogen (secondary N) is 1. The number of ether oxygens (including phenoxy) is 1. The fourth-order valence-corrected chi connectivity index (χ4v) is 1.83. The first-order chi connectivity index (χ1) is 9.29. The largest absolute Gasteiger partial charge is 0.493 e. The Morgan fingerprint density at radius 3 is 2.89 bits per heavy atom. The zero-order valence-corrected chi connectivity index (χ0v) is 11.4. The molecule has 0 aliphatic carbocycles. The second-order valence-electron chi connectivity index (χ2n) is 4.38. The van der Waals surface area contributed by atoms with Crippen LogP contribution in [-0.4, -0.2) is 23.6 Å². The Morgan fingerprint density at radius 2 is 2.16 bits per heavy atom.